The fraction of sp³-hybridized carbons (Fsp3) is 0.700. The maximum Gasteiger partial charge on any atom is 0.109 e. The number of aromatic nitrogens is 2. The molecule has 0 spiro atoms. The highest BCUT2D eigenvalue weighted by molar-refractivity contribution is 5.06. The van der Waals surface area contributed by atoms with Crippen LogP contribution >= 0.6 is 0 Å². The zero-order chi connectivity index (χ0) is 9.80. The lowest BCUT2D eigenvalue weighted by molar-refractivity contribution is 0.0837. The van der Waals surface area contributed by atoms with Crippen molar-refractivity contribution >= 4 is 0 Å². The van der Waals surface area contributed by atoms with Crippen molar-refractivity contribution in [2.75, 3.05) is 19.8 Å². The van der Waals surface area contributed by atoms with Gasteiger partial charge in [-0.3, -0.25) is 0 Å². The molecule has 1 aromatic rings. The lowest BCUT2D eigenvalue weighted by atomic mass is 10.00. The molecule has 1 saturated heterocycles. The SMILES string of the molecule is NCCc1cnc(C2CCOCC2)[nH]1. The largest absolute Gasteiger partial charge is 0.381 e. The van der Waals surface area contributed by atoms with Crippen LogP contribution in [0.2, 0.25) is 0 Å². The molecule has 1 fully saturated rings. The summed E-state index contributed by atoms with van der Waals surface area (Å²) in [4.78, 5) is 7.73. The Morgan fingerprint density at radius 1 is 1.50 bits per heavy atom. The number of rotatable bonds is 3. The summed E-state index contributed by atoms with van der Waals surface area (Å²) >= 11 is 0. The fourth-order valence-electron chi connectivity index (χ4n) is 1.84. The Morgan fingerprint density at radius 3 is 3.00 bits per heavy atom. The van der Waals surface area contributed by atoms with Gasteiger partial charge in [-0.05, 0) is 19.4 Å². The number of H-pyrrole nitrogens is 1. The van der Waals surface area contributed by atoms with Gasteiger partial charge in [-0.2, -0.15) is 0 Å². The lowest BCUT2D eigenvalue weighted by Crippen LogP contribution is -2.15. The van der Waals surface area contributed by atoms with Crippen LogP contribution < -0.4 is 5.73 Å². The Bertz CT molecular complexity index is 279. The first kappa shape index (κ1) is 9.68. The van der Waals surface area contributed by atoms with E-state index in [1.165, 1.54) is 0 Å². The van der Waals surface area contributed by atoms with E-state index in [9.17, 15) is 0 Å². The zero-order valence-electron chi connectivity index (χ0n) is 8.33. The summed E-state index contributed by atoms with van der Waals surface area (Å²) in [7, 11) is 0. The van der Waals surface area contributed by atoms with Gasteiger partial charge in [0.25, 0.3) is 0 Å². The normalized spacial score (nSPS) is 18.6. The van der Waals surface area contributed by atoms with Gasteiger partial charge >= 0.3 is 0 Å². The monoisotopic (exact) mass is 195 g/mol. The molecular weight excluding hydrogens is 178 g/mol. The quantitative estimate of drug-likeness (QED) is 0.750. The van der Waals surface area contributed by atoms with Crippen molar-refractivity contribution in [1.29, 1.82) is 0 Å². The summed E-state index contributed by atoms with van der Waals surface area (Å²) in [5.41, 5.74) is 6.63. The lowest BCUT2D eigenvalue weighted by Gasteiger charge is -2.19. The van der Waals surface area contributed by atoms with Gasteiger partial charge in [-0.1, -0.05) is 0 Å². The number of ether oxygens (including phenoxy) is 1. The average Bonchev–Trinajstić information content (AvgIpc) is 2.68. The number of hydrogen-bond donors (Lipinski definition) is 2. The molecule has 78 valence electrons. The predicted molar refractivity (Wildman–Crippen MR) is 54.1 cm³/mol. The molecule has 1 aliphatic heterocycles. The first-order chi connectivity index (χ1) is 6.90. The third-order valence-corrected chi connectivity index (χ3v) is 2.67. The minimum absolute atomic E-state index is 0.551. The topological polar surface area (TPSA) is 63.9 Å². The van der Waals surface area contributed by atoms with Crippen molar-refractivity contribution in [2.24, 2.45) is 5.73 Å². The molecule has 0 unspecified atom stereocenters. The van der Waals surface area contributed by atoms with E-state index < -0.39 is 0 Å². The Hall–Kier alpha value is -0.870. The van der Waals surface area contributed by atoms with E-state index in [-0.39, 0.29) is 0 Å². The highest BCUT2D eigenvalue weighted by atomic mass is 16.5. The second-order valence-corrected chi connectivity index (χ2v) is 3.72. The van der Waals surface area contributed by atoms with Crippen molar-refractivity contribution in [1.82, 2.24) is 9.97 Å². The minimum atomic E-state index is 0.551. The van der Waals surface area contributed by atoms with Crippen molar-refractivity contribution in [3.05, 3.63) is 17.7 Å². The number of imidazole rings is 1. The summed E-state index contributed by atoms with van der Waals surface area (Å²) in [5, 5.41) is 0. The van der Waals surface area contributed by atoms with E-state index in [0.29, 0.717) is 12.5 Å². The van der Waals surface area contributed by atoms with Crippen LogP contribution in [0.1, 0.15) is 30.3 Å². The van der Waals surface area contributed by atoms with Crippen molar-refractivity contribution in [3.8, 4) is 0 Å². The molecule has 1 aliphatic rings. The Balaban J connectivity index is 2.00. The van der Waals surface area contributed by atoms with E-state index >= 15 is 0 Å². The number of hydrogen-bond acceptors (Lipinski definition) is 3. The molecule has 2 rings (SSSR count). The fourth-order valence-corrected chi connectivity index (χ4v) is 1.84. The van der Waals surface area contributed by atoms with Crippen molar-refractivity contribution in [2.45, 2.75) is 25.2 Å². The first-order valence-corrected chi connectivity index (χ1v) is 5.21. The standard InChI is InChI=1S/C10H17N3O/c11-4-1-9-7-12-10(13-9)8-2-5-14-6-3-8/h7-8H,1-6,11H2,(H,12,13). The van der Waals surface area contributed by atoms with E-state index in [4.69, 9.17) is 10.5 Å². The molecule has 4 heteroatoms. The van der Waals surface area contributed by atoms with E-state index in [0.717, 1.165) is 44.0 Å². The molecular formula is C10H17N3O. The highest BCUT2D eigenvalue weighted by Gasteiger charge is 2.18. The molecule has 1 aromatic heterocycles. The van der Waals surface area contributed by atoms with E-state index in [1.54, 1.807) is 0 Å². The Labute approximate surface area is 83.9 Å². The van der Waals surface area contributed by atoms with E-state index in [1.807, 2.05) is 6.20 Å². The van der Waals surface area contributed by atoms with Gasteiger partial charge in [0.2, 0.25) is 0 Å². The van der Waals surface area contributed by atoms with Gasteiger partial charge in [0.1, 0.15) is 5.82 Å². The third-order valence-electron chi connectivity index (χ3n) is 2.67. The molecule has 3 N–H and O–H groups in total. The first-order valence-electron chi connectivity index (χ1n) is 5.21. The van der Waals surface area contributed by atoms with Gasteiger partial charge < -0.3 is 15.5 Å². The molecule has 4 nitrogen and oxygen atoms in total. The van der Waals surface area contributed by atoms with Crippen LogP contribution in [0.4, 0.5) is 0 Å². The maximum absolute atomic E-state index is 5.48. The number of nitrogens with two attached hydrogens (primary N) is 1. The second-order valence-electron chi connectivity index (χ2n) is 3.72. The summed E-state index contributed by atoms with van der Waals surface area (Å²) in [6.07, 6.45) is 4.94. The smallest absolute Gasteiger partial charge is 0.109 e. The number of nitrogens with zero attached hydrogens (tertiary/aromatic N) is 1. The minimum Gasteiger partial charge on any atom is -0.381 e. The van der Waals surface area contributed by atoms with E-state index in [2.05, 4.69) is 9.97 Å². The highest BCUT2D eigenvalue weighted by Crippen LogP contribution is 2.24. The van der Waals surface area contributed by atoms with Crippen molar-refractivity contribution in [3.63, 3.8) is 0 Å². The summed E-state index contributed by atoms with van der Waals surface area (Å²) in [6.45, 7) is 2.39. The molecule has 2 heterocycles. The number of aromatic amines is 1. The third kappa shape index (κ3) is 2.13. The Morgan fingerprint density at radius 2 is 2.29 bits per heavy atom. The van der Waals surface area contributed by atoms with Gasteiger partial charge in [-0.25, -0.2) is 4.98 Å². The van der Waals surface area contributed by atoms with Gasteiger partial charge in [0.05, 0.1) is 0 Å². The van der Waals surface area contributed by atoms with Crippen molar-refractivity contribution < 1.29 is 4.74 Å². The van der Waals surface area contributed by atoms with Crippen LogP contribution in [0.25, 0.3) is 0 Å². The second kappa shape index (κ2) is 4.57. The molecule has 0 aliphatic carbocycles. The van der Waals surface area contributed by atoms with Crippen LogP contribution in [0.15, 0.2) is 6.20 Å². The molecule has 0 atom stereocenters. The summed E-state index contributed by atoms with van der Waals surface area (Å²) in [5.74, 6) is 1.66. The predicted octanol–water partition coefficient (Wildman–Crippen LogP) is 0.805. The van der Waals surface area contributed by atoms with Gasteiger partial charge in [0.15, 0.2) is 0 Å². The molecule has 0 bridgehead atoms. The zero-order valence-corrected chi connectivity index (χ0v) is 8.33. The van der Waals surface area contributed by atoms with Crippen LogP contribution in [0, 0.1) is 0 Å². The summed E-state index contributed by atoms with van der Waals surface area (Å²) < 4.78 is 5.31. The molecule has 0 amide bonds. The average molecular weight is 195 g/mol. The molecule has 0 radical (unpaired) electrons. The van der Waals surface area contributed by atoms with Crippen LogP contribution in [-0.2, 0) is 11.2 Å². The molecule has 0 saturated carbocycles. The maximum atomic E-state index is 5.48. The molecule has 14 heavy (non-hydrogen) atoms. The molecule has 0 aromatic carbocycles. The van der Waals surface area contributed by atoms with Crippen LogP contribution in [-0.4, -0.2) is 29.7 Å². The summed E-state index contributed by atoms with van der Waals surface area (Å²) in [6, 6.07) is 0. The van der Waals surface area contributed by atoms with Crippen LogP contribution in [0.3, 0.4) is 0 Å². The van der Waals surface area contributed by atoms with Gasteiger partial charge in [-0.15, -0.1) is 0 Å². The van der Waals surface area contributed by atoms with Crippen LogP contribution in [0.5, 0.6) is 0 Å². The Kier molecular flexibility index (Phi) is 3.16. The number of nitrogens with one attached hydrogen (secondary N) is 1. The van der Waals surface area contributed by atoms with Gasteiger partial charge in [0, 0.05) is 37.4 Å².